The number of pyridine rings is 1. The lowest BCUT2D eigenvalue weighted by Crippen LogP contribution is -2.39. The molecule has 0 amide bonds. The molecule has 6 nitrogen and oxygen atoms in total. The van der Waals surface area contributed by atoms with Gasteiger partial charge >= 0.3 is 5.97 Å². The lowest BCUT2D eigenvalue weighted by Gasteiger charge is -2.35. The highest BCUT2D eigenvalue weighted by molar-refractivity contribution is 5.88. The number of hydrogen-bond acceptors (Lipinski definition) is 5. The predicted octanol–water partition coefficient (Wildman–Crippen LogP) is 2.82. The second kappa shape index (κ2) is 7.05. The smallest absolute Gasteiger partial charge is 0.337 e. The molecule has 6 heteroatoms. The van der Waals surface area contributed by atoms with Crippen molar-refractivity contribution < 1.29 is 9.90 Å². The number of nitrogens with zero attached hydrogens (tertiary/aromatic N) is 4. The third kappa shape index (κ3) is 3.59. The van der Waals surface area contributed by atoms with Gasteiger partial charge in [0.05, 0.1) is 23.1 Å². The maximum atomic E-state index is 11.1. The molecule has 0 aliphatic carbocycles. The summed E-state index contributed by atoms with van der Waals surface area (Å²) in [6.45, 7) is 6.61. The van der Waals surface area contributed by atoms with E-state index in [0.29, 0.717) is 23.2 Å². The van der Waals surface area contributed by atoms with Crippen molar-refractivity contribution in [3.63, 3.8) is 0 Å². The first-order valence-electron chi connectivity index (χ1n) is 8.29. The Hall–Kier alpha value is -2.34. The predicted molar refractivity (Wildman–Crippen MR) is 90.9 cm³/mol. The number of hydrogen-bond donors (Lipinski definition) is 1. The van der Waals surface area contributed by atoms with E-state index in [9.17, 15) is 4.79 Å². The maximum Gasteiger partial charge on any atom is 0.337 e. The molecule has 0 spiro atoms. The van der Waals surface area contributed by atoms with Crippen molar-refractivity contribution in [3.8, 4) is 11.3 Å². The van der Waals surface area contributed by atoms with Crippen LogP contribution < -0.4 is 0 Å². The summed E-state index contributed by atoms with van der Waals surface area (Å²) in [5.41, 5.74) is 2.47. The molecule has 1 aliphatic heterocycles. The van der Waals surface area contributed by atoms with Crippen molar-refractivity contribution in [1.82, 2.24) is 19.9 Å². The SMILES string of the molecule is CC(C)N1CCC[C@@H](c2cnc(-c3cncc(C(=O)O)c3)cn2)C1. The minimum absolute atomic E-state index is 0.151. The lowest BCUT2D eigenvalue weighted by molar-refractivity contribution is 0.0696. The third-order valence-corrected chi connectivity index (χ3v) is 4.55. The van der Waals surface area contributed by atoms with Gasteiger partial charge in [0.15, 0.2) is 0 Å². The minimum Gasteiger partial charge on any atom is -0.478 e. The quantitative estimate of drug-likeness (QED) is 0.930. The molecule has 1 atom stereocenters. The topological polar surface area (TPSA) is 79.2 Å². The lowest BCUT2D eigenvalue weighted by atomic mass is 9.94. The fourth-order valence-electron chi connectivity index (χ4n) is 3.11. The van der Waals surface area contributed by atoms with E-state index < -0.39 is 5.97 Å². The van der Waals surface area contributed by atoms with Gasteiger partial charge in [-0.15, -0.1) is 0 Å². The molecule has 0 unspecified atom stereocenters. The van der Waals surface area contributed by atoms with Crippen LogP contribution in [0.1, 0.15) is 48.7 Å². The van der Waals surface area contributed by atoms with Crippen molar-refractivity contribution in [1.29, 1.82) is 0 Å². The molecule has 3 rings (SSSR count). The Labute approximate surface area is 141 Å². The molecule has 24 heavy (non-hydrogen) atoms. The van der Waals surface area contributed by atoms with Crippen LogP contribution in [-0.4, -0.2) is 50.1 Å². The maximum absolute atomic E-state index is 11.1. The molecule has 2 aromatic rings. The minimum atomic E-state index is -0.995. The highest BCUT2D eigenvalue weighted by Gasteiger charge is 2.24. The molecular formula is C18H22N4O2. The van der Waals surface area contributed by atoms with E-state index in [0.717, 1.165) is 25.2 Å². The molecule has 0 saturated carbocycles. The summed E-state index contributed by atoms with van der Waals surface area (Å²) in [6.07, 6.45) is 8.78. The Morgan fingerprint density at radius 1 is 1.25 bits per heavy atom. The molecule has 3 heterocycles. The van der Waals surface area contributed by atoms with E-state index in [1.54, 1.807) is 18.5 Å². The second-order valence-corrected chi connectivity index (χ2v) is 6.52. The highest BCUT2D eigenvalue weighted by Crippen LogP contribution is 2.27. The Balaban J connectivity index is 1.78. The van der Waals surface area contributed by atoms with Crippen molar-refractivity contribution in [2.45, 2.75) is 38.6 Å². The highest BCUT2D eigenvalue weighted by atomic mass is 16.4. The number of carbonyl (C=O) groups is 1. The molecule has 1 aliphatic rings. The second-order valence-electron chi connectivity index (χ2n) is 6.52. The van der Waals surface area contributed by atoms with E-state index >= 15 is 0 Å². The van der Waals surface area contributed by atoms with Gasteiger partial charge in [0, 0.05) is 42.7 Å². The first-order chi connectivity index (χ1) is 11.5. The summed E-state index contributed by atoms with van der Waals surface area (Å²) in [5, 5.41) is 9.06. The van der Waals surface area contributed by atoms with E-state index in [4.69, 9.17) is 5.11 Å². The molecule has 1 saturated heterocycles. The van der Waals surface area contributed by atoms with Crippen LogP contribution in [0.3, 0.4) is 0 Å². The van der Waals surface area contributed by atoms with Crippen LogP contribution in [0.5, 0.6) is 0 Å². The zero-order valence-corrected chi connectivity index (χ0v) is 14.0. The fourth-order valence-corrected chi connectivity index (χ4v) is 3.11. The standard InChI is InChI=1S/C18H22N4O2/c1-12(2)22-5-3-4-13(11-22)16-9-21-17(10-20-16)14-6-15(18(23)24)8-19-7-14/h6-10,12-13H,3-5,11H2,1-2H3,(H,23,24)/t13-/m1/s1. The van der Waals surface area contributed by atoms with E-state index in [2.05, 4.69) is 33.7 Å². The monoisotopic (exact) mass is 326 g/mol. The van der Waals surface area contributed by atoms with Crippen LogP contribution in [0.25, 0.3) is 11.3 Å². The molecule has 0 radical (unpaired) electrons. The number of carboxylic acid groups (broad SMARTS) is 1. The van der Waals surface area contributed by atoms with Gasteiger partial charge in [0.2, 0.25) is 0 Å². The third-order valence-electron chi connectivity index (χ3n) is 4.55. The van der Waals surface area contributed by atoms with Gasteiger partial charge in [-0.2, -0.15) is 0 Å². The van der Waals surface area contributed by atoms with Gasteiger partial charge in [-0.25, -0.2) is 4.79 Å². The summed E-state index contributed by atoms with van der Waals surface area (Å²) < 4.78 is 0. The Morgan fingerprint density at radius 2 is 2.08 bits per heavy atom. The van der Waals surface area contributed by atoms with E-state index in [1.165, 1.54) is 12.6 Å². The van der Waals surface area contributed by atoms with E-state index in [-0.39, 0.29) is 5.56 Å². The van der Waals surface area contributed by atoms with Crippen molar-refractivity contribution in [2.24, 2.45) is 0 Å². The largest absolute Gasteiger partial charge is 0.478 e. The summed E-state index contributed by atoms with van der Waals surface area (Å²) in [7, 11) is 0. The van der Waals surface area contributed by atoms with Gasteiger partial charge in [0.1, 0.15) is 0 Å². The molecule has 126 valence electrons. The van der Waals surface area contributed by atoms with Crippen molar-refractivity contribution in [3.05, 3.63) is 42.1 Å². The first-order valence-corrected chi connectivity index (χ1v) is 8.29. The summed E-state index contributed by atoms with van der Waals surface area (Å²) in [4.78, 5) is 26.6. The van der Waals surface area contributed by atoms with Crippen LogP contribution in [0.15, 0.2) is 30.9 Å². The normalized spacial score (nSPS) is 18.7. The van der Waals surface area contributed by atoms with Crippen LogP contribution >= 0.6 is 0 Å². The number of carboxylic acids is 1. The van der Waals surface area contributed by atoms with Crippen LogP contribution in [0.2, 0.25) is 0 Å². The van der Waals surface area contributed by atoms with Gasteiger partial charge in [0.25, 0.3) is 0 Å². The van der Waals surface area contributed by atoms with Crippen LogP contribution in [0.4, 0.5) is 0 Å². The van der Waals surface area contributed by atoms with Crippen LogP contribution in [0, 0.1) is 0 Å². The average Bonchev–Trinajstić information content (AvgIpc) is 2.62. The molecular weight excluding hydrogens is 304 g/mol. The van der Waals surface area contributed by atoms with E-state index in [1.807, 2.05) is 6.20 Å². The number of aromatic carboxylic acids is 1. The average molecular weight is 326 g/mol. The molecule has 0 aromatic carbocycles. The zero-order valence-electron chi connectivity index (χ0n) is 14.0. The Kier molecular flexibility index (Phi) is 4.85. The van der Waals surface area contributed by atoms with Gasteiger partial charge in [-0.05, 0) is 39.3 Å². The number of aromatic nitrogens is 3. The van der Waals surface area contributed by atoms with Gasteiger partial charge < -0.3 is 10.0 Å². The molecule has 1 N–H and O–H groups in total. The number of rotatable bonds is 4. The summed E-state index contributed by atoms with van der Waals surface area (Å²) in [6, 6.07) is 2.12. The zero-order chi connectivity index (χ0) is 17.1. The number of piperidine rings is 1. The molecule has 0 bridgehead atoms. The summed E-state index contributed by atoms with van der Waals surface area (Å²) in [5.74, 6) is -0.587. The molecule has 1 fully saturated rings. The Bertz CT molecular complexity index is 715. The fraction of sp³-hybridized carbons (Fsp3) is 0.444. The first kappa shape index (κ1) is 16.5. The Morgan fingerprint density at radius 3 is 2.75 bits per heavy atom. The van der Waals surface area contributed by atoms with Gasteiger partial charge in [-0.1, -0.05) is 0 Å². The molecule has 2 aromatic heterocycles. The van der Waals surface area contributed by atoms with Crippen LogP contribution in [-0.2, 0) is 0 Å². The number of likely N-dealkylation sites (tertiary alicyclic amines) is 1. The summed E-state index contributed by atoms with van der Waals surface area (Å²) >= 11 is 0. The van der Waals surface area contributed by atoms with Crippen molar-refractivity contribution >= 4 is 5.97 Å². The van der Waals surface area contributed by atoms with Gasteiger partial charge in [-0.3, -0.25) is 15.0 Å². The van der Waals surface area contributed by atoms with Crippen molar-refractivity contribution in [2.75, 3.05) is 13.1 Å².